The molecule has 31 heavy (non-hydrogen) atoms. The van der Waals surface area contributed by atoms with E-state index in [1.54, 1.807) is 6.07 Å². The number of piperidine rings is 1. The van der Waals surface area contributed by atoms with Crippen LogP contribution in [0.2, 0.25) is 0 Å². The number of anilines is 1. The number of hydrogen-bond donors (Lipinski definition) is 2. The van der Waals surface area contributed by atoms with Crippen LogP contribution in [0.3, 0.4) is 0 Å². The lowest BCUT2D eigenvalue weighted by molar-refractivity contribution is 0.138. The Morgan fingerprint density at radius 2 is 1.77 bits per heavy atom. The van der Waals surface area contributed by atoms with Crippen LogP contribution in [0.5, 0.6) is 5.75 Å². The third-order valence-corrected chi connectivity index (χ3v) is 7.05. The molecule has 1 saturated carbocycles. The Morgan fingerprint density at radius 1 is 1.00 bits per heavy atom. The van der Waals surface area contributed by atoms with Crippen molar-refractivity contribution in [1.29, 1.82) is 0 Å². The van der Waals surface area contributed by atoms with E-state index in [9.17, 15) is 5.11 Å². The van der Waals surface area contributed by atoms with Crippen LogP contribution in [-0.4, -0.2) is 45.7 Å². The summed E-state index contributed by atoms with van der Waals surface area (Å²) in [7, 11) is 0. The van der Waals surface area contributed by atoms with Crippen molar-refractivity contribution in [2.24, 2.45) is 5.92 Å². The number of nitrogens with one attached hydrogen (secondary N) is 1. The van der Waals surface area contributed by atoms with Crippen molar-refractivity contribution in [3.63, 3.8) is 0 Å². The summed E-state index contributed by atoms with van der Waals surface area (Å²) >= 11 is 0. The Kier molecular flexibility index (Phi) is 5.77. The number of fused-ring (bicyclic) bond motifs is 1. The highest BCUT2D eigenvalue weighted by Crippen LogP contribution is 2.31. The second kappa shape index (κ2) is 8.83. The van der Waals surface area contributed by atoms with Crippen molar-refractivity contribution in [2.75, 3.05) is 25.0 Å². The van der Waals surface area contributed by atoms with Crippen molar-refractivity contribution >= 4 is 16.7 Å². The van der Waals surface area contributed by atoms with Gasteiger partial charge in [0.05, 0.1) is 11.1 Å². The van der Waals surface area contributed by atoms with Gasteiger partial charge < -0.3 is 15.3 Å². The molecule has 1 aliphatic heterocycles. The third kappa shape index (κ3) is 4.38. The van der Waals surface area contributed by atoms with Gasteiger partial charge in [-0.15, -0.1) is 0 Å². The van der Waals surface area contributed by atoms with Gasteiger partial charge in [-0.05, 0) is 81.4 Å². The average Bonchev–Trinajstić information content (AvgIpc) is 3.33. The minimum absolute atomic E-state index is 0.208. The zero-order valence-corrected chi connectivity index (χ0v) is 18.3. The minimum atomic E-state index is 0.208. The molecular formula is C26H32N4O. The van der Waals surface area contributed by atoms with Gasteiger partial charge in [0.15, 0.2) is 5.82 Å². The van der Waals surface area contributed by atoms with Gasteiger partial charge in [-0.2, -0.15) is 0 Å². The largest absolute Gasteiger partial charge is 0.507 e. The molecule has 0 atom stereocenters. The highest BCUT2D eigenvalue weighted by Gasteiger charge is 2.27. The summed E-state index contributed by atoms with van der Waals surface area (Å²) in [6.45, 7) is 5.46. The number of para-hydroxylation sites is 1. The Balaban J connectivity index is 1.35. The molecule has 5 rings (SSSR count). The van der Waals surface area contributed by atoms with Crippen LogP contribution in [0.4, 0.5) is 5.82 Å². The summed E-state index contributed by atoms with van der Waals surface area (Å²) in [6, 6.07) is 14.4. The number of nitrogens with zero attached hydrogens (tertiary/aromatic N) is 3. The number of benzene rings is 2. The third-order valence-electron chi connectivity index (χ3n) is 7.05. The maximum absolute atomic E-state index is 10.3. The smallest absolute Gasteiger partial charge is 0.165 e. The number of phenolic OH excluding ortho intramolecular Hbond substituents is 1. The van der Waals surface area contributed by atoms with Gasteiger partial charge in [-0.1, -0.05) is 31.0 Å². The average molecular weight is 417 g/mol. The van der Waals surface area contributed by atoms with E-state index in [-0.39, 0.29) is 5.75 Å². The van der Waals surface area contributed by atoms with Gasteiger partial charge in [0, 0.05) is 18.0 Å². The fourth-order valence-corrected chi connectivity index (χ4v) is 5.19. The molecule has 0 unspecified atom stereocenters. The summed E-state index contributed by atoms with van der Waals surface area (Å²) in [5, 5.41) is 15.0. The second-order valence-corrected chi connectivity index (χ2v) is 9.23. The molecule has 2 heterocycles. The van der Waals surface area contributed by atoms with Gasteiger partial charge in [0.25, 0.3) is 0 Å². The summed E-state index contributed by atoms with van der Waals surface area (Å²) in [4.78, 5) is 12.3. The predicted molar refractivity (Wildman–Crippen MR) is 126 cm³/mol. The van der Waals surface area contributed by atoms with Gasteiger partial charge in [0.1, 0.15) is 11.6 Å². The van der Waals surface area contributed by atoms with E-state index in [2.05, 4.69) is 35.3 Å². The standard InChI is InChI=1S/C26H32N4O/c1-18-10-11-21-23(16-18)28-26(22-8-4-5-9-24(22)31)29-25(21)27-17-19-12-14-30(15-13-19)20-6-2-3-7-20/h4-5,8-11,16,19-20,31H,2-3,6-7,12-15,17H2,1H3,(H,27,28,29). The normalized spacial score (nSPS) is 18.6. The molecule has 3 aromatic rings. The van der Waals surface area contributed by atoms with Gasteiger partial charge in [-0.25, -0.2) is 9.97 Å². The van der Waals surface area contributed by atoms with Crippen LogP contribution in [0.25, 0.3) is 22.3 Å². The minimum Gasteiger partial charge on any atom is -0.507 e. The molecule has 2 aromatic carbocycles. The van der Waals surface area contributed by atoms with Gasteiger partial charge in [-0.3, -0.25) is 0 Å². The molecule has 1 saturated heterocycles. The molecule has 0 radical (unpaired) electrons. The van der Waals surface area contributed by atoms with E-state index in [1.807, 2.05) is 18.2 Å². The zero-order chi connectivity index (χ0) is 21.2. The zero-order valence-electron chi connectivity index (χ0n) is 18.3. The molecule has 0 spiro atoms. The van der Waals surface area contributed by atoms with Crippen LogP contribution >= 0.6 is 0 Å². The summed E-state index contributed by atoms with van der Waals surface area (Å²) in [5.74, 6) is 2.30. The molecule has 2 aliphatic rings. The molecule has 5 heteroatoms. The Hall–Kier alpha value is -2.66. The molecule has 162 valence electrons. The van der Waals surface area contributed by atoms with Crippen molar-refractivity contribution in [2.45, 2.75) is 51.5 Å². The van der Waals surface area contributed by atoms with Crippen molar-refractivity contribution in [1.82, 2.24) is 14.9 Å². The number of hydrogen-bond acceptors (Lipinski definition) is 5. The Bertz CT molecular complexity index is 1050. The molecule has 2 fully saturated rings. The monoisotopic (exact) mass is 416 g/mol. The highest BCUT2D eigenvalue weighted by molar-refractivity contribution is 5.91. The SMILES string of the molecule is Cc1ccc2c(NCC3CCN(C4CCCC4)CC3)nc(-c3ccccc3O)nc2c1. The van der Waals surface area contributed by atoms with E-state index in [0.717, 1.165) is 29.3 Å². The lowest BCUT2D eigenvalue weighted by Crippen LogP contribution is -2.41. The topological polar surface area (TPSA) is 61.3 Å². The number of aromatic hydroxyl groups is 1. The number of aromatic nitrogens is 2. The number of likely N-dealkylation sites (tertiary alicyclic amines) is 1. The number of phenols is 1. The summed E-state index contributed by atoms with van der Waals surface area (Å²) in [5.41, 5.74) is 2.74. The van der Waals surface area contributed by atoms with Crippen molar-refractivity contribution in [3.8, 4) is 17.1 Å². The van der Waals surface area contributed by atoms with E-state index in [4.69, 9.17) is 9.97 Å². The lowest BCUT2D eigenvalue weighted by atomic mass is 9.95. The first kappa shape index (κ1) is 20.3. The Labute approximate surface area is 184 Å². The van der Waals surface area contributed by atoms with Crippen LogP contribution in [0.15, 0.2) is 42.5 Å². The Morgan fingerprint density at radius 3 is 2.55 bits per heavy atom. The molecule has 1 aromatic heterocycles. The fraction of sp³-hybridized carbons (Fsp3) is 0.462. The molecule has 1 aliphatic carbocycles. The van der Waals surface area contributed by atoms with Crippen LogP contribution in [0.1, 0.15) is 44.1 Å². The highest BCUT2D eigenvalue weighted by atomic mass is 16.3. The molecule has 5 nitrogen and oxygen atoms in total. The number of aryl methyl sites for hydroxylation is 1. The first-order valence-electron chi connectivity index (χ1n) is 11.7. The van der Waals surface area contributed by atoms with Gasteiger partial charge in [0.2, 0.25) is 0 Å². The van der Waals surface area contributed by atoms with E-state index in [0.29, 0.717) is 17.3 Å². The molecule has 0 amide bonds. The molecular weight excluding hydrogens is 384 g/mol. The molecule has 0 bridgehead atoms. The van der Waals surface area contributed by atoms with E-state index >= 15 is 0 Å². The van der Waals surface area contributed by atoms with Crippen LogP contribution in [-0.2, 0) is 0 Å². The second-order valence-electron chi connectivity index (χ2n) is 9.23. The van der Waals surface area contributed by atoms with E-state index < -0.39 is 0 Å². The fourth-order valence-electron chi connectivity index (χ4n) is 5.19. The van der Waals surface area contributed by atoms with Crippen LogP contribution < -0.4 is 5.32 Å². The van der Waals surface area contributed by atoms with Gasteiger partial charge >= 0.3 is 0 Å². The number of rotatable bonds is 5. The first-order chi connectivity index (χ1) is 15.2. The maximum Gasteiger partial charge on any atom is 0.165 e. The summed E-state index contributed by atoms with van der Waals surface area (Å²) in [6.07, 6.45) is 8.10. The quantitative estimate of drug-likeness (QED) is 0.585. The van der Waals surface area contributed by atoms with Crippen molar-refractivity contribution in [3.05, 3.63) is 48.0 Å². The van der Waals surface area contributed by atoms with Crippen molar-refractivity contribution < 1.29 is 5.11 Å². The van der Waals surface area contributed by atoms with Crippen LogP contribution in [0, 0.1) is 12.8 Å². The predicted octanol–water partition coefficient (Wildman–Crippen LogP) is 5.38. The maximum atomic E-state index is 10.3. The molecule has 2 N–H and O–H groups in total. The lowest BCUT2D eigenvalue weighted by Gasteiger charge is -2.36. The summed E-state index contributed by atoms with van der Waals surface area (Å²) < 4.78 is 0. The first-order valence-corrected chi connectivity index (χ1v) is 11.7. The van der Waals surface area contributed by atoms with E-state index in [1.165, 1.54) is 57.2 Å².